The van der Waals surface area contributed by atoms with Gasteiger partial charge >= 0.3 is 0 Å². The van der Waals surface area contributed by atoms with Crippen LogP contribution in [0.25, 0.3) is 11.4 Å². The summed E-state index contributed by atoms with van der Waals surface area (Å²) in [5, 5.41) is 9.55. The van der Waals surface area contributed by atoms with E-state index in [1.807, 2.05) is 22.8 Å². The first-order valence-electron chi connectivity index (χ1n) is 10.3. The Hall–Kier alpha value is -2.38. The van der Waals surface area contributed by atoms with E-state index < -0.39 is 0 Å². The second kappa shape index (κ2) is 8.78. The van der Waals surface area contributed by atoms with E-state index in [-0.39, 0.29) is 5.78 Å². The molecule has 2 aromatic heterocycles. The highest BCUT2D eigenvalue weighted by atomic mass is 32.2. The Morgan fingerprint density at radius 2 is 2.00 bits per heavy atom. The van der Waals surface area contributed by atoms with Gasteiger partial charge in [0, 0.05) is 35.7 Å². The van der Waals surface area contributed by atoms with E-state index in [0.29, 0.717) is 24.9 Å². The highest BCUT2D eigenvalue weighted by Crippen LogP contribution is 2.38. The normalized spacial score (nSPS) is 13.7. The molecule has 30 heavy (non-hydrogen) atoms. The first kappa shape index (κ1) is 20.9. The molecule has 1 aromatic carbocycles. The number of hydrogen-bond donors (Lipinski definition) is 0. The number of ether oxygens (including phenoxy) is 1. The number of benzene rings is 1. The molecule has 158 valence electrons. The Kier molecular flexibility index (Phi) is 6.11. The van der Waals surface area contributed by atoms with Gasteiger partial charge in [-0.25, -0.2) is 0 Å². The van der Waals surface area contributed by atoms with Crippen molar-refractivity contribution in [1.29, 1.82) is 0 Å². The lowest BCUT2D eigenvalue weighted by Crippen LogP contribution is -2.10. The Bertz CT molecular complexity index is 1070. The number of carbonyl (C=O) groups is 1. The average Bonchev–Trinajstić information content (AvgIpc) is 3.40. The zero-order valence-corrected chi connectivity index (χ0v) is 18.8. The third kappa shape index (κ3) is 4.23. The summed E-state index contributed by atoms with van der Waals surface area (Å²) in [7, 11) is 1.68. The number of methoxy groups -OCH3 is 1. The minimum atomic E-state index is 0.137. The quantitative estimate of drug-likeness (QED) is 0.370. The van der Waals surface area contributed by atoms with Gasteiger partial charge in [0.1, 0.15) is 0 Å². The van der Waals surface area contributed by atoms with Crippen molar-refractivity contribution in [3.8, 4) is 11.4 Å². The van der Waals surface area contributed by atoms with Crippen LogP contribution in [0.1, 0.15) is 46.2 Å². The van der Waals surface area contributed by atoms with Gasteiger partial charge in [-0.15, -0.1) is 10.2 Å². The van der Waals surface area contributed by atoms with Crippen molar-refractivity contribution in [3.63, 3.8) is 0 Å². The van der Waals surface area contributed by atoms with Gasteiger partial charge in [-0.1, -0.05) is 35.5 Å². The van der Waals surface area contributed by atoms with Gasteiger partial charge < -0.3 is 9.30 Å². The molecule has 1 aliphatic carbocycles. The molecule has 1 fully saturated rings. The lowest BCUT2D eigenvalue weighted by molar-refractivity contribution is 0.102. The number of carbonyl (C=O) groups excluding carboxylic acids is 1. The average molecular weight is 425 g/mol. The van der Waals surface area contributed by atoms with E-state index in [2.05, 4.69) is 47.7 Å². The fraction of sp³-hybridized carbons (Fsp3) is 0.435. The van der Waals surface area contributed by atoms with Crippen LogP contribution in [0.5, 0.6) is 0 Å². The summed E-state index contributed by atoms with van der Waals surface area (Å²) >= 11 is 1.44. The molecule has 0 aliphatic heterocycles. The lowest BCUT2D eigenvalue weighted by Gasteiger charge is -2.10. The van der Waals surface area contributed by atoms with Crippen molar-refractivity contribution in [1.82, 2.24) is 19.3 Å². The van der Waals surface area contributed by atoms with E-state index >= 15 is 0 Å². The fourth-order valence-electron chi connectivity index (χ4n) is 3.94. The number of Topliss-reactive ketones (excluding diaryl/α,β-unsaturated/α-hetero) is 1. The van der Waals surface area contributed by atoms with Crippen LogP contribution in [0.2, 0.25) is 0 Å². The molecule has 7 heteroatoms. The van der Waals surface area contributed by atoms with Crippen LogP contribution in [-0.4, -0.2) is 44.6 Å². The van der Waals surface area contributed by atoms with E-state index in [1.54, 1.807) is 7.11 Å². The van der Waals surface area contributed by atoms with Crippen molar-refractivity contribution in [3.05, 3.63) is 52.8 Å². The summed E-state index contributed by atoms with van der Waals surface area (Å²) < 4.78 is 9.64. The largest absolute Gasteiger partial charge is 0.383 e. The first-order valence-corrected chi connectivity index (χ1v) is 11.3. The summed E-state index contributed by atoms with van der Waals surface area (Å²) in [6.07, 6.45) is 2.42. The number of aromatic nitrogens is 4. The number of nitrogens with zero attached hydrogens (tertiary/aromatic N) is 4. The summed E-state index contributed by atoms with van der Waals surface area (Å²) in [5.41, 5.74) is 5.28. The lowest BCUT2D eigenvalue weighted by atomic mass is 10.1. The molecule has 2 heterocycles. The van der Waals surface area contributed by atoms with Gasteiger partial charge in [-0.05, 0) is 45.7 Å². The predicted molar refractivity (Wildman–Crippen MR) is 119 cm³/mol. The maximum Gasteiger partial charge on any atom is 0.192 e. The smallest absolute Gasteiger partial charge is 0.192 e. The molecule has 0 amide bonds. The molecule has 0 N–H and O–H groups in total. The fourth-order valence-corrected chi connectivity index (χ4v) is 4.79. The van der Waals surface area contributed by atoms with Crippen LogP contribution in [0, 0.1) is 20.8 Å². The molecular weight excluding hydrogens is 396 g/mol. The molecule has 0 radical (unpaired) electrons. The molecule has 3 aromatic rings. The SMILES string of the molecule is COCCn1c(SCC(=O)c2cc(C)n(C3CC3)c2C)nnc1-c1cccc(C)c1. The third-order valence-corrected chi connectivity index (χ3v) is 6.51. The highest BCUT2D eigenvalue weighted by molar-refractivity contribution is 7.99. The van der Waals surface area contributed by atoms with Gasteiger partial charge in [0.25, 0.3) is 0 Å². The molecule has 4 rings (SSSR count). The molecular formula is C23H28N4O2S. The standard InChI is InChI=1S/C23H28N4O2S/c1-15-6-5-7-18(12-15)22-24-25-23(26(22)10-11-29-4)30-14-21(28)20-13-16(2)27(17(20)3)19-8-9-19/h5-7,12-13,19H,8-11,14H2,1-4H3. The van der Waals surface area contributed by atoms with Crippen LogP contribution in [0.4, 0.5) is 0 Å². The summed E-state index contributed by atoms with van der Waals surface area (Å²) in [4.78, 5) is 13.0. The molecule has 6 nitrogen and oxygen atoms in total. The molecule has 0 spiro atoms. The van der Waals surface area contributed by atoms with Gasteiger partial charge in [0.05, 0.1) is 18.9 Å². The molecule has 0 unspecified atom stereocenters. The predicted octanol–water partition coefficient (Wildman–Crippen LogP) is 4.63. The number of hydrogen-bond acceptors (Lipinski definition) is 5. The van der Waals surface area contributed by atoms with Crippen LogP contribution in [0.15, 0.2) is 35.5 Å². The summed E-state index contributed by atoms with van der Waals surface area (Å²) in [5.74, 6) is 1.28. The summed E-state index contributed by atoms with van der Waals surface area (Å²) in [6.45, 7) is 7.40. The third-order valence-electron chi connectivity index (χ3n) is 5.54. The monoisotopic (exact) mass is 424 g/mol. The van der Waals surface area contributed by atoms with Crippen LogP contribution in [-0.2, 0) is 11.3 Å². The Morgan fingerprint density at radius 3 is 2.70 bits per heavy atom. The van der Waals surface area contributed by atoms with E-state index in [4.69, 9.17) is 4.74 Å². The van der Waals surface area contributed by atoms with Gasteiger partial charge in [-0.3, -0.25) is 9.36 Å². The minimum Gasteiger partial charge on any atom is -0.383 e. The Balaban J connectivity index is 1.54. The second-order valence-electron chi connectivity index (χ2n) is 7.92. The number of aryl methyl sites for hydroxylation is 2. The maximum absolute atomic E-state index is 13.0. The van der Waals surface area contributed by atoms with Crippen molar-refractivity contribution >= 4 is 17.5 Å². The number of rotatable bonds is 9. The molecule has 1 aliphatic rings. The van der Waals surface area contributed by atoms with Crippen LogP contribution >= 0.6 is 11.8 Å². The van der Waals surface area contributed by atoms with Crippen LogP contribution in [0.3, 0.4) is 0 Å². The van der Waals surface area contributed by atoms with Crippen LogP contribution < -0.4 is 0 Å². The Morgan fingerprint density at radius 1 is 1.20 bits per heavy atom. The zero-order chi connectivity index (χ0) is 21.3. The maximum atomic E-state index is 13.0. The zero-order valence-electron chi connectivity index (χ0n) is 18.0. The number of ketones is 1. The minimum absolute atomic E-state index is 0.137. The van der Waals surface area contributed by atoms with E-state index in [1.165, 1.54) is 35.9 Å². The van der Waals surface area contributed by atoms with Crippen molar-refractivity contribution in [2.24, 2.45) is 0 Å². The highest BCUT2D eigenvalue weighted by Gasteiger charge is 2.28. The Labute approximate surface area is 181 Å². The summed E-state index contributed by atoms with van der Waals surface area (Å²) in [6, 6.07) is 10.8. The second-order valence-corrected chi connectivity index (χ2v) is 8.86. The molecule has 0 saturated heterocycles. The number of thioether (sulfide) groups is 1. The van der Waals surface area contributed by atoms with Crippen molar-refractivity contribution < 1.29 is 9.53 Å². The molecule has 0 atom stereocenters. The van der Waals surface area contributed by atoms with E-state index in [0.717, 1.165) is 27.8 Å². The van der Waals surface area contributed by atoms with Gasteiger partial charge in [0.15, 0.2) is 16.8 Å². The van der Waals surface area contributed by atoms with Crippen molar-refractivity contribution in [2.75, 3.05) is 19.5 Å². The van der Waals surface area contributed by atoms with Gasteiger partial charge in [-0.2, -0.15) is 0 Å². The molecule has 1 saturated carbocycles. The van der Waals surface area contributed by atoms with Crippen molar-refractivity contribution in [2.45, 2.75) is 51.4 Å². The first-order chi connectivity index (χ1) is 14.5. The molecule has 0 bridgehead atoms. The van der Waals surface area contributed by atoms with E-state index in [9.17, 15) is 4.79 Å². The van der Waals surface area contributed by atoms with Gasteiger partial charge in [0.2, 0.25) is 0 Å². The topological polar surface area (TPSA) is 61.9 Å².